The van der Waals surface area contributed by atoms with Gasteiger partial charge in [0.25, 0.3) is 0 Å². The summed E-state index contributed by atoms with van der Waals surface area (Å²) in [4.78, 5) is 26.4. The van der Waals surface area contributed by atoms with Crippen LogP contribution in [0.3, 0.4) is 0 Å². The van der Waals surface area contributed by atoms with Gasteiger partial charge in [-0.25, -0.2) is 9.18 Å². The first kappa shape index (κ1) is 17.5. The van der Waals surface area contributed by atoms with Crippen molar-refractivity contribution in [2.45, 2.75) is 13.8 Å². The molecule has 7 heteroatoms. The molecule has 1 aromatic heterocycles. The predicted octanol–water partition coefficient (Wildman–Crippen LogP) is 4.19. The lowest BCUT2D eigenvalue weighted by Crippen LogP contribution is -2.06. The number of rotatable bonds is 5. The van der Waals surface area contributed by atoms with Crippen LogP contribution in [0.1, 0.15) is 24.3 Å². The zero-order chi connectivity index (χ0) is 18.7. The molecule has 1 amide bonds. The molecular weight excluding hydrogens is 337 g/mol. The average Bonchev–Trinajstić information content (AvgIpc) is 3.01. The van der Waals surface area contributed by atoms with Crippen LogP contribution in [-0.2, 0) is 9.53 Å². The van der Waals surface area contributed by atoms with Crippen LogP contribution in [0.4, 0.5) is 21.5 Å². The molecule has 1 heterocycles. The van der Waals surface area contributed by atoms with Gasteiger partial charge in [0.05, 0.1) is 17.8 Å². The Balaban J connectivity index is 2.06. The molecule has 0 aliphatic rings. The van der Waals surface area contributed by atoms with Crippen molar-refractivity contribution < 1.29 is 18.7 Å². The first-order valence-corrected chi connectivity index (χ1v) is 8.10. The molecule has 3 rings (SSSR count). The highest BCUT2D eigenvalue weighted by atomic mass is 19.1. The number of amides is 1. The Morgan fingerprint density at radius 2 is 1.85 bits per heavy atom. The van der Waals surface area contributed by atoms with Crippen molar-refractivity contribution in [3.05, 3.63) is 54.0 Å². The molecule has 6 nitrogen and oxygen atoms in total. The number of nitrogens with one attached hydrogen (secondary N) is 3. The summed E-state index contributed by atoms with van der Waals surface area (Å²) in [6.07, 6.45) is 0. The number of aromatic nitrogens is 1. The van der Waals surface area contributed by atoms with Gasteiger partial charge < -0.3 is 20.4 Å². The first-order chi connectivity index (χ1) is 12.5. The Bertz CT molecular complexity index is 964. The minimum atomic E-state index is -0.461. The number of ether oxygens (including phenoxy) is 1. The summed E-state index contributed by atoms with van der Waals surface area (Å²) in [6, 6.07) is 11.1. The molecule has 0 atom stereocenters. The van der Waals surface area contributed by atoms with Gasteiger partial charge in [-0.15, -0.1) is 0 Å². The predicted molar refractivity (Wildman–Crippen MR) is 98.2 cm³/mol. The standard InChI is InChI=1S/C19H18FN3O3/c1-3-26-19(25)18-10-15-16(22-13-6-4-12(20)5-7-13)8-14(21-11(2)24)9-17(15)23-18/h4-10,22-23H,3H2,1-2H3,(H,21,24). The summed E-state index contributed by atoms with van der Waals surface area (Å²) in [6.45, 7) is 3.42. The van der Waals surface area contributed by atoms with Gasteiger partial charge in [-0.05, 0) is 49.4 Å². The van der Waals surface area contributed by atoms with Crippen molar-refractivity contribution in [3.8, 4) is 0 Å². The number of esters is 1. The third kappa shape index (κ3) is 3.83. The van der Waals surface area contributed by atoms with E-state index in [1.165, 1.54) is 19.1 Å². The average molecular weight is 355 g/mol. The van der Waals surface area contributed by atoms with Gasteiger partial charge in [-0.1, -0.05) is 0 Å². The van der Waals surface area contributed by atoms with Crippen LogP contribution in [0.25, 0.3) is 10.9 Å². The van der Waals surface area contributed by atoms with E-state index in [1.54, 1.807) is 37.3 Å². The van der Waals surface area contributed by atoms with Gasteiger partial charge in [0, 0.05) is 23.7 Å². The maximum Gasteiger partial charge on any atom is 0.354 e. The van der Waals surface area contributed by atoms with Crippen LogP contribution in [0, 0.1) is 5.82 Å². The molecule has 0 aliphatic carbocycles. The Labute approximate surface area is 149 Å². The summed E-state index contributed by atoms with van der Waals surface area (Å²) in [5, 5.41) is 6.64. The van der Waals surface area contributed by atoms with Crippen LogP contribution in [0.15, 0.2) is 42.5 Å². The minimum Gasteiger partial charge on any atom is -0.461 e. The lowest BCUT2D eigenvalue weighted by molar-refractivity contribution is -0.114. The highest BCUT2D eigenvalue weighted by Gasteiger charge is 2.14. The fourth-order valence-electron chi connectivity index (χ4n) is 2.62. The molecular formula is C19H18FN3O3. The third-order valence-corrected chi connectivity index (χ3v) is 3.68. The minimum absolute atomic E-state index is 0.214. The molecule has 134 valence electrons. The highest BCUT2D eigenvalue weighted by Crippen LogP contribution is 2.31. The normalized spacial score (nSPS) is 10.6. The second-order valence-electron chi connectivity index (χ2n) is 5.70. The van der Waals surface area contributed by atoms with Crippen LogP contribution in [0.5, 0.6) is 0 Å². The number of H-pyrrole nitrogens is 1. The van der Waals surface area contributed by atoms with Gasteiger partial charge in [-0.3, -0.25) is 4.79 Å². The third-order valence-electron chi connectivity index (χ3n) is 3.68. The summed E-state index contributed by atoms with van der Waals surface area (Å²) >= 11 is 0. The molecule has 0 saturated heterocycles. The number of benzene rings is 2. The summed E-state index contributed by atoms with van der Waals surface area (Å²) < 4.78 is 18.1. The molecule has 0 bridgehead atoms. The van der Waals surface area contributed by atoms with E-state index in [-0.39, 0.29) is 18.3 Å². The lowest BCUT2D eigenvalue weighted by atomic mass is 10.1. The Morgan fingerprint density at radius 3 is 2.50 bits per heavy atom. The van der Waals surface area contributed by atoms with E-state index >= 15 is 0 Å². The van der Waals surface area contributed by atoms with Crippen molar-refractivity contribution in [1.82, 2.24) is 4.98 Å². The second kappa shape index (κ2) is 7.26. The molecule has 3 aromatic rings. The number of hydrogen-bond donors (Lipinski definition) is 3. The smallest absolute Gasteiger partial charge is 0.354 e. The van der Waals surface area contributed by atoms with Crippen molar-refractivity contribution in [2.24, 2.45) is 0 Å². The molecule has 0 spiro atoms. The van der Waals surface area contributed by atoms with Crippen molar-refractivity contribution in [1.29, 1.82) is 0 Å². The molecule has 0 fully saturated rings. The number of hydrogen-bond acceptors (Lipinski definition) is 4. The van der Waals surface area contributed by atoms with E-state index in [9.17, 15) is 14.0 Å². The van der Waals surface area contributed by atoms with Gasteiger partial charge in [0.2, 0.25) is 5.91 Å². The zero-order valence-electron chi connectivity index (χ0n) is 14.4. The molecule has 26 heavy (non-hydrogen) atoms. The van der Waals surface area contributed by atoms with Gasteiger partial charge in [0.1, 0.15) is 11.5 Å². The fourth-order valence-corrected chi connectivity index (χ4v) is 2.62. The van der Waals surface area contributed by atoms with E-state index in [2.05, 4.69) is 15.6 Å². The summed E-state index contributed by atoms with van der Waals surface area (Å²) in [5.41, 5.74) is 2.86. The van der Waals surface area contributed by atoms with Crippen molar-refractivity contribution >= 4 is 39.8 Å². The molecule has 0 radical (unpaired) electrons. The number of anilines is 3. The number of fused-ring (bicyclic) bond motifs is 1. The number of carbonyl (C=O) groups excluding carboxylic acids is 2. The highest BCUT2D eigenvalue weighted by molar-refractivity contribution is 6.03. The van der Waals surface area contributed by atoms with E-state index in [0.717, 1.165) is 5.39 Å². The van der Waals surface area contributed by atoms with E-state index in [1.807, 2.05) is 0 Å². The quantitative estimate of drug-likeness (QED) is 0.600. The van der Waals surface area contributed by atoms with E-state index in [0.29, 0.717) is 28.3 Å². The summed E-state index contributed by atoms with van der Waals surface area (Å²) in [7, 11) is 0. The van der Waals surface area contributed by atoms with Crippen LogP contribution in [0.2, 0.25) is 0 Å². The van der Waals surface area contributed by atoms with E-state index in [4.69, 9.17) is 4.74 Å². The Hall–Kier alpha value is -3.35. The van der Waals surface area contributed by atoms with Crippen LogP contribution >= 0.6 is 0 Å². The number of aromatic amines is 1. The lowest BCUT2D eigenvalue weighted by Gasteiger charge is -2.11. The van der Waals surface area contributed by atoms with Crippen molar-refractivity contribution in [3.63, 3.8) is 0 Å². The molecule has 0 unspecified atom stereocenters. The Kier molecular flexibility index (Phi) is 4.88. The molecule has 0 saturated carbocycles. The largest absolute Gasteiger partial charge is 0.461 e. The van der Waals surface area contributed by atoms with Crippen LogP contribution in [-0.4, -0.2) is 23.5 Å². The topological polar surface area (TPSA) is 83.2 Å². The molecule has 0 aliphatic heterocycles. The fraction of sp³-hybridized carbons (Fsp3) is 0.158. The van der Waals surface area contributed by atoms with Gasteiger partial charge in [-0.2, -0.15) is 0 Å². The Morgan fingerprint density at radius 1 is 1.12 bits per heavy atom. The maximum atomic E-state index is 13.1. The van der Waals surface area contributed by atoms with Gasteiger partial charge >= 0.3 is 5.97 Å². The number of carbonyl (C=O) groups is 2. The van der Waals surface area contributed by atoms with Crippen LogP contribution < -0.4 is 10.6 Å². The monoisotopic (exact) mass is 355 g/mol. The van der Waals surface area contributed by atoms with Crippen molar-refractivity contribution in [2.75, 3.05) is 17.2 Å². The molecule has 3 N–H and O–H groups in total. The number of halogens is 1. The van der Waals surface area contributed by atoms with Gasteiger partial charge in [0.15, 0.2) is 0 Å². The summed E-state index contributed by atoms with van der Waals surface area (Å²) in [5.74, 6) is -1.01. The SMILES string of the molecule is CCOC(=O)c1cc2c(Nc3ccc(F)cc3)cc(NC(C)=O)cc2[nH]1. The first-order valence-electron chi connectivity index (χ1n) is 8.10. The molecule has 2 aromatic carbocycles. The van der Waals surface area contributed by atoms with E-state index < -0.39 is 5.97 Å². The zero-order valence-corrected chi connectivity index (χ0v) is 14.4. The maximum absolute atomic E-state index is 13.1. The second-order valence-corrected chi connectivity index (χ2v) is 5.70.